The van der Waals surface area contributed by atoms with E-state index in [-0.39, 0.29) is 24.0 Å². The molecule has 0 saturated heterocycles. The van der Waals surface area contributed by atoms with Crippen molar-refractivity contribution in [2.24, 2.45) is 0 Å². The van der Waals surface area contributed by atoms with Crippen LogP contribution in [0.4, 0.5) is 5.95 Å². The summed E-state index contributed by atoms with van der Waals surface area (Å²) in [7, 11) is -0.948. The van der Waals surface area contributed by atoms with E-state index in [2.05, 4.69) is 10.3 Å². The van der Waals surface area contributed by atoms with Crippen LogP contribution in [0.1, 0.15) is 0 Å². The van der Waals surface area contributed by atoms with Gasteiger partial charge in [0.2, 0.25) is 21.9 Å². The summed E-state index contributed by atoms with van der Waals surface area (Å²) in [6.45, 7) is -0.347. The third-order valence-corrected chi connectivity index (χ3v) is 7.80. The number of carbonyl (C=O) groups is 1. The number of amides is 1. The van der Waals surface area contributed by atoms with Crippen LogP contribution in [-0.4, -0.2) is 62.1 Å². The Hall–Kier alpha value is -3.70. The fraction of sp³-hybridized carbons (Fsp3) is 0.185. The molecule has 1 aromatic heterocycles. The number of hydrogen-bond acceptors (Lipinski definition) is 6. The van der Waals surface area contributed by atoms with Gasteiger partial charge in [-0.2, -0.15) is 4.31 Å². The van der Waals surface area contributed by atoms with E-state index in [1.54, 1.807) is 30.0 Å². The summed E-state index contributed by atoms with van der Waals surface area (Å²) < 4.78 is 39.7. The number of imidazole rings is 1. The molecule has 0 unspecified atom stereocenters. The molecule has 4 rings (SSSR count). The number of nitrogens with zero attached hydrogens (tertiary/aromatic N) is 3. The molecular weight excluding hydrogens is 528 g/mol. The predicted molar refractivity (Wildman–Crippen MR) is 146 cm³/mol. The van der Waals surface area contributed by atoms with Gasteiger partial charge in [0.05, 0.1) is 30.9 Å². The number of carbonyl (C=O) groups excluding carboxylic acids is 1. The van der Waals surface area contributed by atoms with Crippen molar-refractivity contribution in [1.82, 2.24) is 13.9 Å². The zero-order chi connectivity index (χ0) is 27.1. The van der Waals surface area contributed by atoms with E-state index in [9.17, 15) is 13.2 Å². The van der Waals surface area contributed by atoms with Crippen LogP contribution in [0.2, 0.25) is 5.02 Å². The highest BCUT2D eigenvalue weighted by Gasteiger charge is 2.27. The Bertz CT molecular complexity index is 1470. The highest BCUT2D eigenvalue weighted by atomic mass is 35.5. The molecule has 11 heteroatoms. The number of aromatic nitrogens is 2. The summed E-state index contributed by atoms with van der Waals surface area (Å²) in [5.74, 6) is 0.372. The largest absolute Gasteiger partial charge is 0.497 e. The molecule has 0 spiro atoms. The molecule has 3 aromatic carbocycles. The van der Waals surface area contributed by atoms with Gasteiger partial charge in [0.15, 0.2) is 0 Å². The van der Waals surface area contributed by atoms with E-state index in [0.29, 0.717) is 16.5 Å². The van der Waals surface area contributed by atoms with Crippen molar-refractivity contribution in [3.05, 3.63) is 90.1 Å². The number of sulfonamides is 1. The average molecular weight is 555 g/mol. The van der Waals surface area contributed by atoms with E-state index in [4.69, 9.17) is 21.1 Å². The highest BCUT2D eigenvalue weighted by Crippen LogP contribution is 2.26. The Morgan fingerprint density at radius 2 is 1.68 bits per heavy atom. The molecule has 0 bridgehead atoms. The molecule has 4 aromatic rings. The van der Waals surface area contributed by atoms with Gasteiger partial charge in [-0.25, -0.2) is 13.4 Å². The second-order valence-corrected chi connectivity index (χ2v) is 10.6. The third kappa shape index (κ3) is 6.40. The Balaban J connectivity index is 1.63. The topological polar surface area (TPSA) is 103 Å². The zero-order valence-electron chi connectivity index (χ0n) is 20.9. The molecule has 0 aliphatic heterocycles. The monoisotopic (exact) mass is 554 g/mol. The van der Waals surface area contributed by atoms with Gasteiger partial charge >= 0.3 is 0 Å². The van der Waals surface area contributed by atoms with Crippen LogP contribution >= 0.6 is 11.6 Å². The normalized spacial score (nSPS) is 11.5. The number of methoxy groups -OCH3 is 2. The first-order valence-corrected chi connectivity index (χ1v) is 13.5. The van der Waals surface area contributed by atoms with E-state index in [1.165, 1.54) is 31.4 Å². The molecule has 1 heterocycles. The molecule has 0 radical (unpaired) electrons. The van der Waals surface area contributed by atoms with E-state index < -0.39 is 22.5 Å². The number of anilines is 1. The van der Waals surface area contributed by atoms with Crippen molar-refractivity contribution < 1.29 is 22.7 Å². The fourth-order valence-electron chi connectivity index (χ4n) is 3.71. The number of benzene rings is 3. The Morgan fingerprint density at radius 3 is 2.32 bits per heavy atom. The molecule has 0 aliphatic carbocycles. The minimum atomic E-state index is -3.99. The SMILES string of the molecule is COCCN(CC(=O)Nc1nc(-c2ccccc2)cn1-c1ccc(OC)cc1)S(=O)(=O)c1ccc(Cl)cc1. The first-order chi connectivity index (χ1) is 18.3. The summed E-state index contributed by atoms with van der Waals surface area (Å²) in [6.07, 6.45) is 1.81. The maximum Gasteiger partial charge on any atom is 0.243 e. The van der Waals surface area contributed by atoms with Crippen LogP contribution < -0.4 is 10.1 Å². The van der Waals surface area contributed by atoms with Gasteiger partial charge in [0.1, 0.15) is 5.75 Å². The molecule has 0 saturated carbocycles. The predicted octanol–water partition coefficient (Wildman–Crippen LogP) is 4.48. The first kappa shape index (κ1) is 27.3. The summed E-state index contributed by atoms with van der Waals surface area (Å²) in [5, 5.41) is 3.19. The van der Waals surface area contributed by atoms with Gasteiger partial charge in [0, 0.05) is 36.1 Å². The van der Waals surface area contributed by atoms with Gasteiger partial charge in [-0.05, 0) is 48.5 Å². The quantitative estimate of drug-likeness (QED) is 0.293. The van der Waals surface area contributed by atoms with Crippen LogP contribution in [0, 0.1) is 0 Å². The lowest BCUT2D eigenvalue weighted by Crippen LogP contribution is -2.40. The maximum atomic E-state index is 13.3. The van der Waals surface area contributed by atoms with Crippen molar-refractivity contribution in [1.29, 1.82) is 0 Å². The second kappa shape index (κ2) is 12.2. The molecule has 9 nitrogen and oxygen atoms in total. The van der Waals surface area contributed by atoms with E-state index in [0.717, 1.165) is 15.6 Å². The minimum absolute atomic E-state index is 0.0168. The van der Waals surface area contributed by atoms with Crippen LogP contribution in [0.5, 0.6) is 5.75 Å². The van der Waals surface area contributed by atoms with Crippen molar-refractivity contribution >= 4 is 33.5 Å². The Kier molecular flexibility index (Phi) is 8.80. The molecule has 0 aliphatic rings. The standard InChI is InChI=1S/C27H27ClN4O5S/c1-36-17-16-31(38(34,35)24-14-8-21(28)9-15-24)19-26(33)30-27-29-25(20-6-4-3-5-7-20)18-32(27)22-10-12-23(37-2)13-11-22/h3-15,18H,16-17,19H2,1-2H3,(H,29,30,33). The smallest absolute Gasteiger partial charge is 0.243 e. The molecule has 198 valence electrons. The lowest BCUT2D eigenvalue weighted by Gasteiger charge is -2.21. The average Bonchev–Trinajstić information content (AvgIpc) is 3.35. The summed E-state index contributed by atoms with van der Waals surface area (Å²) >= 11 is 5.92. The number of ether oxygens (including phenoxy) is 2. The van der Waals surface area contributed by atoms with Crippen molar-refractivity contribution in [3.8, 4) is 22.7 Å². The Morgan fingerprint density at radius 1 is 1.00 bits per heavy atom. The van der Waals surface area contributed by atoms with Crippen LogP contribution in [0.25, 0.3) is 16.9 Å². The molecule has 1 N–H and O–H groups in total. The van der Waals surface area contributed by atoms with Gasteiger partial charge < -0.3 is 9.47 Å². The molecule has 1 amide bonds. The third-order valence-electron chi connectivity index (χ3n) is 5.69. The number of halogens is 1. The highest BCUT2D eigenvalue weighted by molar-refractivity contribution is 7.89. The molecular formula is C27H27ClN4O5S. The van der Waals surface area contributed by atoms with E-state index >= 15 is 0 Å². The zero-order valence-corrected chi connectivity index (χ0v) is 22.4. The summed E-state index contributed by atoms with van der Waals surface area (Å²) in [6, 6.07) is 22.6. The lowest BCUT2D eigenvalue weighted by atomic mass is 10.2. The Labute approximate surface area is 226 Å². The van der Waals surface area contributed by atoms with Gasteiger partial charge in [0.25, 0.3) is 0 Å². The van der Waals surface area contributed by atoms with Crippen LogP contribution in [0.15, 0.2) is 90.0 Å². The van der Waals surface area contributed by atoms with Crippen molar-refractivity contribution in [2.75, 3.05) is 39.2 Å². The molecule has 38 heavy (non-hydrogen) atoms. The number of hydrogen-bond donors (Lipinski definition) is 1. The molecule has 0 atom stereocenters. The van der Waals surface area contributed by atoms with Gasteiger partial charge in [-0.15, -0.1) is 0 Å². The van der Waals surface area contributed by atoms with Crippen molar-refractivity contribution in [2.45, 2.75) is 4.90 Å². The fourth-order valence-corrected chi connectivity index (χ4v) is 5.22. The van der Waals surface area contributed by atoms with Gasteiger partial charge in [-0.3, -0.25) is 14.7 Å². The summed E-state index contributed by atoms with van der Waals surface area (Å²) in [5.41, 5.74) is 2.24. The van der Waals surface area contributed by atoms with Crippen LogP contribution in [-0.2, 0) is 19.6 Å². The number of nitrogens with one attached hydrogen (secondary N) is 1. The van der Waals surface area contributed by atoms with Crippen molar-refractivity contribution in [3.63, 3.8) is 0 Å². The maximum absolute atomic E-state index is 13.3. The lowest BCUT2D eigenvalue weighted by molar-refractivity contribution is -0.116. The van der Waals surface area contributed by atoms with Crippen LogP contribution in [0.3, 0.4) is 0 Å². The first-order valence-electron chi connectivity index (χ1n) is 11.7. The van der Waals surface area contributed by atoms with Gasteiger partial charge in [-0.1, -0.05) is 41.9 Å². The minimum Gasteiger partial charge on any atom is -0.497 e. The van der Waals surface area contributed by atoms with E-state index in [1.807, 2.05) is 42.5 Å². The molecule has 0 fully saturated rings. The number of rotatable bonds is 11. The second-order valence-electron chi connectivity index (χ2n) is 8.22. The summed E-state index contributed by atoms with van der Waals surface area (Å²) in [4.78, 5) is 17.9.